The van der Waals surface area contributed by atoms with E-state index in [1.54, 1.807) is 6.07 Å². The number of piperidine rings is 1. The van der Waals surface area contributed by atoms with Gasteiger partial charge in [0.2, 0.25) is 0 Å². The number of carbonyl (C=O) groups excluding carboxylic acids is 1. The number of hydrogen-bond donors (Lipinski definition) is 1. The Hall–Kier alpha value is -1.56. The van der Waals surface area contributed by atoms with Crippen molar-refractivity contribution in [2.75, 3.05) is 18.0 Å². The predicted molar refractivity (Wildman–Crippen MR) is 86.3 cm³/mol. The molecule has 0 spiro atoms. The highest BCUT2D eigenvalue weighted by Crippen LogP contribution is 2.23. The number of amides is 1. The monoisotopic (exact) mass is 326 g/mol. The number of nitrogens with zero attached hydrogens (tertiary/aromatic N) is 3. The zero-order valence-corrected chi connectivity index (χ0v) is 14.1. The van der Waals surface area contributed by atoms with Crippen LogP contribution in [0.4, 0.5) is 10.6 Å². The first-order chi connectivity index (χ1) is 10.3. The third-order valence-electron chi connectivity index (χ3n) is 3.42. The van der Waals surface area contributed by atoms with E-state index >= 15 is 0 Å². The van der Waals surface area contributed by atoms with Crippen molar-refractivity contribution in [2.24, 2.45) is 0 Å². The lowest BCUT2D eigenvalue weighted by atomic mass is 10.0. The molecule has 2 heterocycles. The summed E-state index contributed by atoms with van der Waals surface area (Å²) < 4.78 is 5.27. The van der Waals surface area contributed by atoms with Crippen molar-refractivity contribution in [1.82, 2.24) is 15.5 Å². The maximum atomic E-state index is 11.8. The first kappa shape index (κ1) is 16.8. The van der Waals surface area contributed by atoms with Gasteiger partial charge in [0.1, 0.15) is 5.60 Å². The SMILES string of the molecule is CC(C)(C)OC(=O)NCC1CCCCN1c1ccc(Cl)nn1. The van der Waals surface area contributed by atoms with Crippen molar-refractivity contribution in [3.63, 3.8) is 0 Å². The predicted octanol–water partition coefficient (Wildman–Crippen LogP) is 3.01. The van der Waals surface area contributed by atoms with Gasteiger partial charge in [0.15, 0.2) is 11.0 Å². The molecule has 0 aliphatic carbocycles. The fraction of sp³-hybridized carbons (Fsp3) is 0.667. The third-order valence-corrected chi connectivity index (χ3v) is 3.62. The molecular formula is C15H23ClN4O2. The highest BCUT2D eigenvalue weighted by atomic mass is 35.5. The molecule has 1 N–H and O–H groups in total. The summed E-state index contributed by atoms with van der Waals surface area (Å²) in [5, 5.41) is 11.3. The number of alkyl carbamates (subject to hydrolysis) is 1. The van der Waals surface area contributed by atoms with Crippen molar-refractivity contribution in [3.05, 3.63) is 17.3 Å². The number of hydrogen-bond acceptors (Lipinski definition) is 5. The topological polar surface area (TPSA) is 67.3 Å². The fourth-order valence-corrected chi connectivity index (χ4v) is 2.59. The second-order valence-electron chi connectivity index (χ2n) is 6.44. The summed E-state index contributed by atoms with van der Waals surface area (Å²) >= 11 is 5.79. The van der Waals surface area contributed by atoms with Crippen LogP contribution in [0.5, 0.6) is 0 Å². The van der Waals surface area contributed by atoms with Crippen LogP contribution in [-0.4, -0.2) is 41.0 Å². The molecule has 7 heteroatoms. The summed E-state index contributed by atoms with van der Waals surface area (Å²) in [5.41, 5.74) is -0.488. The van der Waals surface area contributed by atoms with E-state index in [1.807, 2.05) is 26.8 Å². The van der Waals surface area contributed by atoms with Gasteiger partial charge in [-0.2, -0.15) is 0 Å². The van der Waals surface area contributed by atoms with Gasteiger partial charge in [-0.3, -0.25) is 0 Å². The van der Waals surface area contributed by atoms with E-state index in [0.29, 0.717) is 11.7 Å². The van der Waals surface area contributed by atoms with Gasteiger partial charge in [0.05, 0.1) is 0 Å². The average molecular weight is 327 g/mol. The molecule has 1 aliphatic rings. The third kappa shape index (κ3) is 5.02. The molecule has 1 saturated heterocycles. The van der Waals surface area contributed by atoms with Gasteiger partial charge in [-0.05, 0) is 52.2 Å². The van der Waals surface area contributed by atoms with Crippen LogP contribution in [0.1, 0.15) is 40.0 Å². The van der Waals surface area contributed by atoms with Crippen LogP contribution in [0.3, 0.4) is 0 Å². The Morgan fingerprint density at radius 3 is 2.82 bits per heavy atom. The molecule has 1 atom stereocenters. The lowest BCUT2D eigenvalue weighted by Crippen LogP contribution is -2.48. The van der Waals surface area contributed by atoms with E-state index in [-0.39, 0.29) is 12.1 Å². The molecule has 1 aromatic rings. The van der Waals surface area contributed by atoms with Crippen molar-refractivity contribution < 1.29 is 9.53 Å². The van der Waals surface area contributed by atoms with Crippen LogP contribution in [-0.2, 0) is 4.74 Å². The number of rotatable bonds is 3. The molecule has 2 rings (SSSR count). The van der Waals surface area contributed by atoms with Gasteiger partial charge >= 0.3 is 6.09 Å². The van der Waals surface area contributed by atoms with Crippen LogP contribution >= 0.6 is 11.6 Å². The average Bonchev–Trinajstić information content (AvgIpc) is 2.45. The van der Waals surface area contributed by atoms with E-state index in [9.17, 15) is 4.79 Å². The van der Waals surface area contributed by atoms with E-state index < -0.39 is 5.60 Å². The molecule has 1 aliphatic heterocycles. The molecule has 6 nitrogen and oxygen atoms in total. The number of nitrogens with one attached hydrogen (secondary N) is 1. The minimum absolute atomic E-state index is 0.191. The number of halogens is 1. The molecule has 1 fully saturated rings. The summed E-state index contributed by atoms with van der Waals surface area (Å²) in [6.07, 6.45) is 2.85. The van der Waals surface area contributed by atoms with Crippen LogP contribution < -0.4 is 10.2 Å². The first-order valence-electron chi connectivity index (χ1n) is 7.58. The van der Waals surface area contributed by atoms with E-state index in [2.05, 4.69) is 20.4 Å². The van der Waals surface area contributed by atoms with Crippen molar-refractivity contribution in [3.8, 4) is 0 Å². The zero-order chi connectivity index (χ0) is 16.2. The van der Waals surface area contributed by atoms with Crippen LogP contribution in [0.25, 0.3) is 0 Å². The summed E-state index contributed by atoms with van der Waals surface area (Å²) in [7, 11) is 0. The van der Waals surface area contributed by atoms with E-state index in [0.717, 1.165) is 31.6 Å². The Balaban J connectivity index is 1.95. The molecule has 0 bridgehead atoms. The summed E-state index contributed by atoms with van der Waals surface area (Å²) in [6, 6.07) is 3.79. The highest BCUT2D eigenvalue weighted by Gasteiger charge is 2.25. The zero-order valence-electron chi connectivity index (χ0n) is 13.3. The number of carbonyl (C=O) groups is 1. The molecule has 1 unspecified atom stereocenters. The minimum Gasteiger partial charge on any atom is -0.444 e. The molecule has 22 heavy (non-hydrogen) atoms. The number of aromatic nitrogens is 2. The van der Waals surface area contributed by atoms with Gasteiger partial charge in [0, 0.05) is 19.1 Å². The Morgan fingerprint density at radius 2 is 2.18 bits per heavy atom. The Morgan fingerprint density at radius 1 is 1.41 bits per heavy atom. The quantitative estimate of drug-likeness (QED) is 0.924. The standard InChI is InChI=1S/C15H23ClN4O2/c1-15(2,3)22-14(21)17-10-11-6-4-5-9-20(11)13-8-7-12(16)18-19-13/h7-8,11H,4-6,9-10H2,1-3H3,(H,17,21). The maximum absolute atomic E-state index is 11.8. The Kier molecular flexibility index (Phi) is 5.45. The molecule has 122 valence electrons. The highest BCUT2D eigenvalue weighted by molar-refractivity contribution is 6.29. The van der Waals surface area contributed by atoms with Crippen LogP contribution in [0, 0.1) is 0 Å². The van der Waals surface area contributed by atoms with E-state index in [4.69, 9.17) is 16.3 Å². The Labute approximate surface area is 136 Å². The molecule has 0 radical (unpaired) electrons. The van der Waals surface area contributed by atoms with Gasteiger partial charge in [-0.25, -0.2) is 4.79 Å². The lowest BCUT2D eigenvalue weighted by molar-refractivity contribution is 0.0523. The first-order valence-corrected chi connectivity index (χ1v) is 7.96. The minimum atomic E-state index is -0.488. The van der Waals surface area contributed by atoms with Gasteiger partial charge in [0.25, 0.3) is 0 Å². The van der Waals surface area contributed by atoms with Crippen molar-refractivity contribution in [2.45, 2.75) is 51.7 Å². The largest absolute Gasteiger partial charge is 0.444 e. The smallest absolute Gasteiger partial charge is 0.407 e. The van der Waals surface area contributed by atoms with Gasteiger partial charge in [-0.1, -0.05) is 11.6 Å². The fourth-order valence-electron chi connectivity index (χ4n) is 2.49. The van der Waals surface area contributed by atoms with Gasteiger partial charge in [-0.15, -0.1) is 10.2 Å². The second-order valence-corrected chi connectivity index (χ2v) is 6.83. The summed E-state index contributed by atoms with van der Waals surface area (Å²) in [4.78, 5) is 14.0. The molecular weight excluding hydrogens is 304 g/mol. The molecule has 0 saturated carbocycles. The lowest BCUT2D eigenvalue weighted by Gasteiger charge is -2.36. The number of ether oxygens (including phenoxy) is 1. The van der Waals surface area contributed by atoms with Crippen LogP contribution in [0.2, 0.25) is 5.15 Å². The normalized spacial score (nSPS) is 18.9. The van der Waals surface area contributed by atoms with Crippen LogP contribution in [0.15, 0.2) is 12.1 Å². The molecule has 1 amide bonds. The van der Waals surface area contributed by atoms with E-state index in [1.165, 1.54) is 0 Å². The summed E-state index contributed by atoms with van der Waals surface area (Å²) in [5.74, 6) is 0.792. The second kappa shape index (κ2) is 7.13. The van der Waals surface area contributed by atoms with Crippen molar-refractivity contribution >= 4 is 23.5 Å². The Bertz CT molecular complexity index is 501. The van der Waals surface area contributed by atoms with Crippen molar-refractivity contribution in [1.29, 1.82) is 0 Å². The number of anilines is 1. The maximum Gasteiger partial charge on any atom is 0.407 e. The van der Waals surface area contributed by atoms with Gasteiger partial charge < -0.3 is 15.0 Å². The molecule has 1 aromatic heterocycles. The molecule has 0 aromatic carbocycles. The summed E-state index contributed by atoms with van der Waals surface area (Å²) in [6.45, 7) is 6.98.